The number of hydrogen-bond donors (Lipinski definition) is 1. The molecule has 6 nitrogen and oxygen atoms in total. The average molecular weight is 442 g/mol. The minimum absolute atomic E-state index is 0.0992. The number of likely N-dealkylation sites (tertiary alicyclic amines) is 1. The molecule has 32 heavy (non-hydrogen) atoms. The second kappa shape index (κ2) is 9.20. The highest BCUT2D eigenvalue weighted by atomic mass is 19.4. The molecule has 3 heterocycles. The number of anilines is 1. The van der Waals surface area contributed by atoms with E-state index >= 15 is 0 Å². The second-order valence-electron chi connectivity index (χ2n) is 8.04. The molecule has 0 saturated carbocycles. The van der Waals surface area contributed by atoms with Gasteiger partial charge in [0.25, 0.3) is 0 Å². The molecular weight excluding hydrogens is 417 g/mol. The summed E-state index contributed by atoms with van der Waals surface area (Å²) < 4.78 is 38.9. The molecule has 2 aromatic heterocycles. The first-order valence-electron chi connectivity index (χ1n) is 10.7. The third-order valence-electron chi connectivity index (χ3n) is 5.73. The molecular formula is C23H25F3N6. The van der Waals surface area contributed by atoms with Crippen molar-refractivity contribution in [2.45, 2.75) is 44.8 Å². The summed E-state index contributed by atoms with van der Waals surface area (Å²) in [6, 6.07) is 5.11. The number of nitrogens with two attached hydrogens (primary N) is 1. The van der Waals surface area contributed by atoms with Crippen LogP contribution in [0.4, 0.5) is 19.1 Å². The number of hydrogen-bond acceptors (Lipinski definition) is 6. The molecule has 0 unspecified atom stereocenters. The molecule has 9 heteroatoms. The summed E-state index contributed by atoms with van der Waals surface area (Å²) in [4.78, 5) is 19.7. The van der Waals surface area contributed by atoms with Crippen LogP contribution in [-0.4, -0.2) is 37.9 Å². The molecule has 3 aromatic rings. The Morgan fingerprint density at radius 3 is 2.44 bits per heavy atom. The second-order valence-corrected chi connectivity index (χ2v) is 8.04. The van der Waals surface area contributed by atoms with Crippen molar-refractivity contribution in [2.24, 2.45) is 0 Å². The van der Waals surface area contributed by atoms with E-state index in [0.717, 1.165) is 73.7 Å². The quantitative estimate of drug-likeness (QED) is 0.628. The van der Waals surface area contributed by atoms with Crippen molar-refractivity contribution in [3.63, 3.8) is 0 Å². The standard InChI is InChI=1S/C23H25F3N6/c1-2-20-28-10-15(11-29-20)13-32-9-3-4-17(14-32)21-19(12-30-22(27)31-21)16-5-7-18(8-6-16)23(24,25)26/h5-8,10-12,17H,2-4,9,13-14H2,1H3,(H2,27,30,31)/t17-/m1/s1. The van der Waals surface area contributed by atoms with Gasteiger partial charge in [-0.2, -0.15) is 13.2 Å². The summed E-state index contributed by atoms with van der Waals surface area (Å²) in [5, 5.41) is 0. The third-order valence-corrected chi connectivity index (χ3v) is 5.73. The van der Waals surface area contributed by atoms with E-state index < -0.39 is 11.7 Å². The topological polar surface area (TPSA) is 80.8 Å². The van der Waals surface area contributed by atoms with Gasteiger partial charge >= 0.3 is 6.18 Å². The maximum atomic E-state index is 13.0. The molecule has 1 atom stereocenters. The zero-order valence-corrected chi connectivity index (χ0v) is 17.8. The molecule has 1 fully saturated rings. The van der Waals surface area contributed by atoms with Crippen LogP contribution in [0.3, 0.4) is 0 Å². The monoisotopic (exact) mass is 442 g/mol. The Kier molecular flexibility index (Phi) is 6.36. The van der Waals surface area contributed by atoms with E-state index in [-0.39, 0.29) is 11.9 Å². The van der Waals surface area contributed by atoms with Gasteiger partial charge < -0.3 is 5.73 Å². The van der Waals surface area contributed by atoms with Crippen molar-refractivity contribution in [3.8, 4) is 11.1 Å². The van der Waals surface area contributed by atoms with E-state index in [9.17, 15) is 13.2 Å². The highest BCUT2D eigenvalue weighted by Crippen LogP contribution is 2.35. The molecule has 0 spiro atoms. The summed E-state index contributed by atoms with van der Waals surface area (Å²) >= 11 is 0. The first-order valence-corrected chi connectivity index (χ1v) is 10.7. The van der Waals surface area contributed by atoms with E-state index in [1.165, 1.54) is 12.1 Å². The van der Waals surface area contributed by atoms with Crippen LogP contribution in [0.15, 0.2) is 42.9 Å². The fourth-order valence-electron chi connectivity index (χ4n) is 4.11. The summed E-state index contributed by atoms with van der Waals surface area (Å²) in [5.74, 6) is 1.08. The van der Waals surface area contributed by atoms with Gasteiger partial charge in [0.2, 0.25) is 5.95 Å². The highest BCUT2D eigenvalue weighted by molar-refractivity contribution is 5.66. The molecule has 4 rings (SSSR count). The predicted octanol–water partition coefficient (Wildman–Crippen LogP) is 4.48. The fourth-order valence-corrected chi connectivity index (χ4v) is 4.11. The zero-order chi connectivity index (χ0) is 22.7. The Labute approximate surface area is 184 Å². The lowest BCUT2D eigenvalue weighted by Crippen LogP contribution is -2.34. The number of halogens is 3. The van der Waals surface area contributed by atoms with Gasteiger partial charge in [-0.1, -0.05) is 19.1 Å². The van der Waals surface area contributed by atoms with E-state index in [4.69, 9.17) is 5.73 Å². The van der Waals surface area contributed by atoms with Crippen molar-refractivity contribution >= 4 is 5.95 Å². The molecule has 1 saturated heterocycles. The minimum Gasteiger partial charge on any atom is -0.368 e. The van der Waals surface area contributed by atoms with Gasteiger partial charge in [0.1, 0.15) is 5.82 Å². The van der Waals surface area contributed by atoms with Crippen molar-refractivity contribution in [2.75, 3.05) is 18.8 Å². The lowest BCUT2D eigenvalue weighted by atomic mass is 9.89. The van der Waals surface area contributed by atoms with Crippen LogP contribution in [0.25, 0.3) is 11.1 Å². The van der Waals surface area contributed by atoms with Gasteiger partial charge in [-0.15, -0.1) is 0 Å². The summed E-state index contributed by atoms with van der Waals surface area (Å²) in [5.41, 5.74) is 8.39. The van der Waals surface area contributed by atoms with Gasteiger partial charge in [-0.25, -0.2) is 19.9 Å². The van der Waals surface area contributed by atoms with E-state index in [1.54, 1.807) is 6.20 Å². The molecule has 1 aromatic carbocycles. The maximum Gasteiger partial charge on any atom is 0.416 e. The van der Waals surface area contributed by atoms with Crippen molar-refractivity contribution in [3.05, 3.63) is 65.5 Å². The number of aromatic nitrogens is 4. The van der Waals surface area contributed by atoms with Crippen molar-refractivity contribution in [1.82, 2.24) is 24.8 Å². The molecule has 0 bridgehead atoms. The lowest BCUT2D eigenvalue weighted by molar-refractivity contribution is -0.137. The first-order chi connectivity index (χ1) is 15.3. The highest BCUT2D eigenvalue weighted by Gasteiger charge is 2.30. The molecule has 0 aliphatic carbocycles. The number of piperidine rings is 1. The molecule has 0 amide bonds. The largest absolute Gasteiger partial charge is 0.416 e. The van der Waals surface area contributed by atoms with Gasteiger partial charge in [-0.05, 0) is 37.1 Å². The number of nitrogens with zero attached hydrogens (tertiary/aromatic N) is 5. The van der Waals surface area contributed by atoms with Gasteiger partial charge in [-0.3, -0.25) is 4.90 Å². The van der Waals surface area contributed by atoms with Crippen LogP contribution in [0.5, 0.6) is 0 Å². The number of nitrogen functional groups attached to an aromatic ring is 1. The number of alkyl halides is 3. The van der Waals surface area contributed by atoms with E-state index in [1.807, 2.05) is 19.3 Å². The normalized spacial score (nSPS) is 17.4. The predicted molar refractivity (Wildman–Crippen MR) is 116 cm³/mol. The van der Waals surface area contributed by atoms with Crippen molar-refractivity contribution in [1.29, 1.82) is 0 Å². The zero-order valence-electron chi connectivity index (χ0n) is 17.8. The SMILES string of the molecule is CCc1ncc(CN2CCC[C@@H](c3nc(N)ncc3-c3ccc(C(F)(F)F)cc3)C2)cn1. The molecule has 1 aliphatic rings. The first kappa shape index (κ1) is 22.1. The van der Waals surface area contributed by atoms with E-state index in [2.05, 4.69) is 24.8 Å². The summed E-state index contributed by atoms with van der Waals surface area (Å²) in [6.45, 7) is 4.46. The fraction of sp³-hybridized carbons (Fsp3) is 0.391. The third kappa shape index (κ3) is 5.04. The van der Waals surface area contributed by atoms with Crippen molar-refractivity contribution < 1.29 is 13.2 Å². The molecule has 1 aliphatic heterocycles. The minimum atomic E-state index is -4.37. The Hall–Kier alpha value is -3.07. The van der Waals surface area contributed by atoms with Gasteiger partial charge in [0.05, 0.1) is 11.3 Å². The summed E-state index contributed by atoms with van der Waals surface area (Å²) in [6.07, 6.45) is 3.67. The Morgan fingerprint density at radius 2 is 1.78 bits per heavy atom. The van der Waals surface area contributed by atoms with Crippen LogP contribution in [-0.2, 0) is 19.1 Å². The van der Waals surface area contributed by atoms with Gasteiger partial charge in [0, 0.05) is 55.1 Å². The molecule has 168 valence electrons. The number of benzene rings is 1. The van der Waals surface area contributed by atoms with Crippen LogP contribution in [0.2, 0.25) is 0 Å². The van der Waals surface area contributed by atoms with Crippen LogP contribution < -0.4 is 5.73 Å². The Bertz CT molecular complexity index is 1050. The van der Waals surface area contributed by atoms with E-state index in [0.29, 0.717) is 5.56 Å². The van der Waals surface area contributed by atoms with Crippen LogP contribution >= 0.6 is 0 Å². The Balaban J connectivity index is 1.56. The lowest BCUT2D eigenvalue weighted by Gasteiger charge is -2.33. The Morgan fingerprint density at radius 1 is 1.06 bits per heavy atom. The maximum absolute atomic E-state index is 13.0. The van der Waals surface area contributed by atoms with Gasteiger partial charge in [0.15, 0.2) is 0 Å². The number of aryl methyl sites for hydroxylation is 1. The average Bonchev–Trinajstić information content (AvgIpc) is 2.79. The smallest absolute Gasteiger partial charge is 0.368 e. The van der Waals surface area contributed by atoms with Crippen LogP contribution in [0, 0.1) is 0 Å². The number of rotatable bonds is 5. The summed E-state index contributed by atoms with van der Waals surface area (Å²) in [7, 11) is 0. The molecule has 0 radical (unpaired) electrons. The van der Waals surface area contributed by atoms with Crippen LogP contribution in [0.1, 0.15) is 48.3 Å². The molecule has 2 N–H and O–H groups in total.